The predicted octanol–water partition coefficient (Wildman–Crippen LogP) is 4.30. The van der Waals surface area contributed by atoms with Gasteiger partial charge in [-0.2, -0.15) is 0 Å². The highest BCUT2D eigenvalue weighted by molar-refractivity contribution is 6.31. The van der Waals surface area contributed by atoms with Gasteiger partial charge in [-0.15, -0.1) is 0 Å². The van der Waals surface area contributed by atoms with E-state index in [2.05, 4.69) is 5.32 Å². The third kappa shape index (κ3) is 3.55. The average molecular weight is 308 g/mol. The lowest BCUT2D eigenvalue weighted by Gasteiger charge is -2.20. The smallest absolute Gasteiger partial charge is 0.165 e. The molecule has 0 saturated heterocycles. The van der Waals surface area contributed by atoms with Crippen LogP contribution in [0.5, 0.6) is 5.75 Å². The van der Waals surface area contributed by atoms with Crippen LogP contribution in [0.3, 0.4) is 0 Å². The Hall–Kier alpha value is -1.58. The summed E-state index contributed by atoms with van der Waals surface area (Å²) in [5.41, 5.74) is 3.08. The minimum Gasteiger partial charge on any atom is -0.494 e. The van der Waals surface area contributed by atoms with Gasteiger partial charge < -0.3 is 10.1 Å². The van der Waals surface area contributed by atoms with Gasteiger partial charge in [0.1, 0.15) is 0 Å². The Labute approximate surface area is 129 Å². The zero-order chi connectivity index (χ0) is 15.4. The van der Waals surface area contributed by atoms with Crippen LogP contribution < -0.4 is 10.1 Å². The Morgan fingerprint density at radius 3 is 2.67 bits per heavy atom. The molecule has 2 rings (SSSR count). The van der Waals surface area contributed by atoms with E-state index in [4.69, 9.17) is 16.3 Å². The molecule has 1 atom stereocenters. The lowest BCUT2D eigenvalue weighted by Crippen LogP contribution is -2.20. The fourth-order valence-electron chi connectivity index (χ4n) is 2.44. The van der Waals surface area contributed by atoms with Crippen LogP contribution in [0.1, 0.15) is 22.7 Å². The van der Waals surface area contributed by atoms with Crippen LogP contribution in [-0.4, -0.2) is 14.2 Å². The molecule has 0 radical (unpaired) electrons. The fraction of sp³-hybridized carbons (Fsp3) is 0.294. The summed E-state index contributed by atoms with van der Waals surface area (Å²) in [6.07, 6.45) is 0.679. The molecule has 4 heteroatoms. The summed E-state index contributed by atoms with van der Waals surface area (Å²) in [6.45, 7) is 2.00. The van der Waals surface area contributed by atoms with Gasteiger partial charge in [0.05, 0.1) is 7.11 Å². The highest BCUT2D eigenvalue weighted by Crippen LogP contribution is 2.27. The molecule has 0 fully saturated rings. The van der Waals surface area contributed by atoms with Gasteiger partial charge in [-0.1, -0.05) is 29.8 Å². The summed E-state index contributed by atoms with van der Waals surface area (Å²) in [5, 5.41) is 4.01. The molecule has 0 heterocycles. The molecule has 0 saturated carbocycles. The van der Waals surface area contributed by atoms with E-state index in [1.54, 1.807) is 6.07 Å². The van der Waals surface area contributed by atoms with E-state index >= 15 is 0 Å². The molecule has 0 aliphatic rings. The largest absolute Gasteiger partial charge is 0.494 e. The first-order chi connectivity index (χ1) is 10.1. The van der Waals surface area contributed by atoms with Crippen molar-refractivity contribution in [3.63, 3.8) is 0 Å². The van der Waals surface area contributed by atoms with Crippen LogP contribution in [-0.2, 0) is 6.42 Å². The number of likely N-dealkylation sites (N-methyl/N-ethyl adjacent to an activating group) is 1. The molecular formula is C17H19ClFNO. The van der Waals surface area contributed by atoms with Gasteiger partial charge in [0, 0.05) is 11.1 Å². The molecule has 1 N–H and O–H groups in total. The molecule has 0 bridgehead atoms. The Balaban J connectivity index is 2.27. The van der Waals surface area contributed by atoms with E-state index in [-0.39, 0.29) is 17.6 Å². The van der Waals surface area contributed by atoms with Crippen LogP contribution in [0.2, 0.25) is 5.02 Å². The van der Waals surface area contributed by atoms with Gasteiger partial charge in [0.15, 0.2) is 11.6 Å². The maximum atomic E-state index is 13.8. The van der Waals surface area contributed by atoms with Crippen molar-refractivity contribution >= 4 is 11.6 Å². The molecule has 2 aromatic rings. The van der Waals surface area contributed by atoms with Crippen molar-refractivity contribution in [1.29, 1.82) is 0 Å². The molecule has 0 spiro atoms. The number of hydrogen-bond donors (Lipinski definition) is 1. The van der Waals surface area contributed by atoms with Crippen LogP contribution >= 0.6 is 11.6 Å². The second-order valence-electron chi connectivity index (χ2n) is 4.97. The number of hydrogen-bond acceptors (Lipinski definition) is 2. The lowest BCUT2D eigenvalue weighted by molar-refractivity contribution is 0.386. The highest BCUT2D eigenvalue weighted by Gasteiger charge is 2.15. The molecule has 21 heavy (non-hydrogen) atoms. The number of rotatable bonds is 5. The van der Waals surface area contributed by atoms with Crippen molar-refractivity contribution in [3.05, 3.63) is 63.9 Å². The summed E-state index contributed by atoms with van der Waals surface area (Å²) in [5.74, 6) is -0.0774. The van der Waals surface area contributed by atoms with E-state index in [1.807, 2.05) is 38.2 Å². The van der Waals surface area contributed by atoms with Gasteiger partial charge in [-0.3, -0.25) is 0 Å². The second kappa shape index (κ2) is 6.92. The van der Waals surface area contributed by atoms with E-state index < -0.39 is 0 Å². The van der Waals surface area contributed by atoms with E-state index in [0.29, 0.717) is 6.42 Å². The minimum atomic E-state index is -0.340. The minimum absolute atomic E-state index is 0.0801. The normalized spacial score (nSPS) is 12.2. The van der Waals surface area contributed by atoms with Crippen LogP contribution in [0, 0.1) is 12.7 Å². The van der Waals surface area contributed by atoms with Gasteiger partial charge in [-0.25, -0.2) is 4.39 Å². The Morgan fingerprint density at radius 2 is 2.05 bits per heavy atom. The van der Waals surface area contributed by atoms with E-state index in [9.17, 15) is 4.39 Å². The lowest BCUT2D eigenvalue weighted by atomic mass is 9.95. The SMILES string of the molecule is CNC(Cc1ccc(OC)c(F)c1)c1cccc(Cl)c1C. The van der Waals surface area contributed by atoms with Crippen molar-refractivity contribution in [2.75, 3.05) is 14.2 Å². The summed E-state index contributed by atoms with van der Waals surface area (Å²) >= 11 is 6.18. The van der Waals surface area contributed by atoms with Crippen molar-refractivity contribution in [3.8, 4) is 5.75 Å². The fourth-order valence-corrected chi connectivity index (χ4v) is 2.62. The Kier molecular flexibility index (Phi) is 5.21. The number of ether oxygens (including phenoxy) is 1. The Bertz CT molecular complexity index is 630. The molecule has 0 aliphatic heterocycles. The van der Waals surface area contributed by atoms with Crippen LogP contribution in [0.25, 0.3) is 0 Å². The van der Waals surface area contributed by atoms with Crippen LogP contribution in [0.4, 0.5) is 4.39 Å². The van der Waals surface area contributed by atoms with E-state index in [0.717, 1.165) is 21.7 Å². The maximum Gasteiger partial charge on any atom is 0.165 e. The van der Waals surface area contributed by atoms with Crippen molar-refractivity contribution in [2.45, 2.75) is 19.4 Å². The predicted molar refractivity (Wildman–Crippen MR) is 84.6 cm³/mol. The number of halogens is 2. The zero-order valence-corrected chi connectivity index (χ0v) is 13.2. The molecule has 1 unspecified atom stereocenters. The second-order valence-corrected chi connectivity index (χ2v) is 5.38. The first-order valence-corrected chi connectivity index (χ1v) is 7.19. The zero-order valence-electron chi connectivity index (χ0n) is 12.4. The van der Waals surface area contributed by atoms with Crippen LogP contribution in [0.15, 0.2) is 36.4 Å². The molecule has 112 valence electrons. The summed E-state index contributed by atoms with van der Waals surface area (Å²) < 4.78 is 18.7. The molecule has 0 aromatic heterocycles. The van der Waals surface area contributed by atoms with Crippen molar-refractivity contribution in [1.82, 2.24) is 5.32 Å². The quantitative estimate of drug-likeness (QED) is 0.889. The highest BCUT2D eigenvalue weighted by atomic mass is 35.5. The molecule has 2 nitrogen and oxygen atoms in total. The Morgan fingerprint density at radius 1 is 1.29 bits per heavy atom. The number of benzene rings is 2. The first kappa shape index (κ1) is 15.8. The maximum absolute atomic E-state index is 13.8. The van der Waals surface area contributed by atoms with Crippen molar-refractivity contribution < 1.29 is 9.13 Å². The van der Waals surface area contributed by atoms with E-state index in [1.165, 1.54) is 13.2 Å². The van der Waals surface area contributed by atoms with Gasteiger partial charge in [0.2, 0.25) is 0 Å². The first-order valence-electron chi connectivity index (χ1n) is 6.81. The third-order valence-electron chi connectivity index (χ3n) is 3.69. The third-order valence-corrected chi connectivity index (χ3v) is 4.10. The topological polar surface area (TPSA) is 21.3 Å². The molecule has 0 amide bonds. The van der Waals surface area contributed by atoms with Gasteiger partial charge in [-0.05, 0) is 55.3 Å². The molecule has 2 aromatic carbocycles. The summed E-state index contributed by atoms with van der Waals surface area (Å²) in [4.78, 5) is 0. The van der Waals surface area contributed by atoms with Gasteiger partial charge in [0.25, 0.3) is 0 Å². The van der Waals surface area contributed by atoms with Gasteiger partial charge >= 0.3 is 0 Å². The van der Waals surface area contributed by atoms with Crippen molar-refractivity contribution in [2.24, 2.45) is 0 Å². The summed E-state index contributed by atoms with van der Waals surface area (Å²) in [6, 6.07) is 11.0. The molecular weight excluding hydrogens is 289 g/mol. The monoisotopic (exact) mass is 307 g/mol. The number of methoxy groups -OCH3 is 1. The standard InChI is InChI=1S/C17H19ClFNO/c1-11-13(5-4-6-14(11)18)16(20-2)10-12-7-8-17(21-3)15(19)9-12/h4-9,16,20H,10H2,1-3H3. The molecule has 0 aliphatic carbocycles. The average Bonchev–Trinajstić information content (AvgIpc) is 2.48. The number of nitrogens with one attached hydrogen (secondary N) is 1. The summed E-state index contributed by atoms with van der Waals surface area (Å²) in [7, 11) is 3.36.